The van der Waals surface area contributed by atoms with Crippen LogP contribution in [0.25, 0.3) is 0 Å². The zero-order valence-corrected chi connectivity index (χ0v) is 7.82. The van der Waals surface area contributed by atoms with Crippen molar-refractivity contribution in [2.24, 2.45) is 5.92 Å². The highest BCUT2D eigenvalue weighted by molar-refractivity contribution is 6.08. The van der Waals surface area contributed by atoms with Crippen LogP contribution in [-0.2, 0) is 0 Å². The molecule has 0 saturated heterocycles. The first kappa shape index (κ1) is 6.65. The van der Waals surface area contributed by atoms with Crippen LogP contribution in [0.4, 0.5) is 0 Å². The molecule has 0 unspecified atom stereocenters. The van der Waals surface area contributed by atoms with Crippen LogP contribution >= 0.6 is 0 Å². The molecule has 0 N–H and O–H groups in total. The third-order valence-corrected chi connectivity index (χ3v) is 3.46. The number of hydrogen-bond donors (Lipinski definition) is 0. The Balaban J connectivity index is 2.13. The zero-order valence-electron chi connectivity index (χ0n) is 5.82. The van der Waals surface area contributed by atoms with Gasteiger partial charge in [0.05, 0.1) is 0 Å². The molecule has 0 aromatic heterocycles. The molecule has 1 heteroatoms. The SMILES string of the molecule is [AlH2][CH2]C1CCCCC1. The van der Waals surface area contributed by atoms with Crippen molar-refractivity contribution in [2.75, 3.05) is 0 Å². The van der Waals surface area contributed by atoms with Crippen molar-refractivity contribution in [3.05, 3.63) is 0 Å². The lowest BCUT2D eigenvalue weighted by Crippen LogP contribution is -2.04. The molecule has 0 spiro atoms. The topological polar surface area (TPSA) is 0 Å². The van der Waals surface area contributed by atoms with E-state index in [-0.39, 0.29) is 0 Å². The Morgan fingerprint density at radius 2 is 1.75 bits per heavy atom. The lowest BCUT2D eigenvalue weighted by Gasteiger charge is -2.19. The van der Waals surface area contributed by atoms with Gasteiger partial charge in [-0.25, -0.2) is 0 Å². The van der Waals surface area contributed by atoms with Gasteiger partial charge in [0.1, 0.15) is 0 Å². The van der Waals surface area contributed by atoms with E-state index in [4.69, 9.17) is 0 Å². The van der Waals surface area contributed by atoms with Gasteiger partial charge in [-0.05, 0) is 0 Å². The Hall–Kier alpha value is 0.532. The van der Waals surface area contributed by atoms with Crippen molar-refractivity contribution in [2.45, 2.75) is 37.4 Å². The summed E-state index contributed by atoms with van der Waals surface area (Å²) < 4.78 is 0. The molecule has 0 nitrogen and oxygen atoms in total. The van der Waals surface area contributed by atoms with E-state index in [2.05, 4.69) is 0 Å². The van der Waals surface area contributed by atoms with E-state index >= 15 is 0 Å². The maximum absolute atomic E-state index is 1.56. The molecule has 8 heavy (non-hydrogen) atoms. The van der Waals surface area contributed by atoms with Gasteiger partial charge in [0.2, 0.25) is 16.3 Å². The van der Waals surface area contributed by atoms with Crippen molar-refractivity contribution in [1.29, 1.82) is 0 Å². The summed E-state index contributed by atoms with van der Waals surface area (Å²) in [5.74, 6) is 1.15. The summed E-state index contributed by atoms with van der Waals surface area (Å²) in [4.78, 5) is 0. The minimum Gasteiger partial charge on any atom is -0.0985 e. The van der Waals surface area contributed by atoms with Gasteiger partial charge in [0.25, 0.3) is 0 Å². The average Bonchev–Trinajstić information content (AvgIpc) is 1.90. The summed E-state index contributed by atoms with van der Waals surface area (Å²) in [7, 11) is 0. The molecule has 1 rings (SSSR count). The lowest BCUT2D eigenvalue weighted by molar-refractivity contribution is 0.385. The van der Waals surface area contributed by atoms with Gasteiger partial charge >= 0.3 is 0 Å². The Labute approximate surface area is 60.1 Å². The fourth-order valence-electron chi connectivity index (χ4n) is 1.60. The largest absolute Gasteiger partial charge is 0.212 e. The van der Waals surface area contributed by atoms with E-state index in [1.165, 1.54) is 35.6 Å². The normalized spacial score (nSPS) is 23.5. The second-order valence-electron chi connectivity index (χ2n) is 2.91. The molecular formula is C7H15Al. The quantitative estimate of drug-likeness (QED) is 0.468. The highest BCUT2D eigenvalue weighted by Gasteiger charge is 2.09. The summed E-state index contributed by atoms with van der Waals surface area (Å²) in [5, 5.41) is 1.56. The standard InChI is InChI=1S/C7H13.Al.2H/c1-7-5-3-2-4-6-7;;;/h7H,1-6H2;;;. The van der Waals surface area contributed by atoms with Gasteiger partial charge in [0.15, 0.2) is 0 Å². The predicted molar refractivity (Wildman–Crippen MR) is 39.9 cm³/mol. The molecule has 1 aliphatic carbocycles. The second-order valence-corrected chi connectivity index (χ2v) is 3.73. The maximum atomic E-state index is 1.56. The van der Waals surface area contributed by atoms with Gasteiger partial charge in [-0.1, -0.05) is 43.3 Å². The van der Waals surface area contributed by atoms with Crippen LogP contribution in [0, 0.1) is 5.92 Å². The number of rotatable bonds is 1. The van der Waals surface area contributed by atoms with E-state index in [1.807, 2.05) is 0 Å². The molecule has 0 bridgehead atoms. The molecule has 0 aliphatic heterocycles. The van der Waals surface area contributed by atoms with E-state index in [0.717, 1.165) is 5.92 Å². The molecule has 0 aromatic rings. The first-order valence-electron chi connectivity index (χ1n) is 3.93. The zero-order chi connectivity index (χ0) is 5.82. The van der Waals surface area contributed by atoms with Crippen LogP contribution in [0.2, 0.25) is 5.28 Å². The molecule has 0 radical (unpaired) electrons. The fraction of sp³-hybridized carbons (Fsp3) is 1.00. The summed E-state index contributed by atoms with van der Waals surface area (Å²) in [5.41, 5.74) is 0. The average molecular weight is 126 g/mol. The minimum atomic E-state index is 1.15. The monoisotopic (exact) mass is 126 g/mol. The van der Waals surface area contributed by atoms with Crippen LogP contribution in [0.3, 0.4) is 0 Å². The Kier molecular flexibility index (Phi) is 2.94. The van der Waals surface area contributed by atoms with Crippen LogP contribution in [0.1, 0.15) is 32.1 Å². The lowest BCUT2D eigenvalue weighted by atomic mass is 9.91. The van der Waals surface area contributed by atoms with Crippen molar-refractivity contribution in [1.82, 2.24) is 0 Å². The van der Waals surface area contributed by atoms with E-state index in [0.29, 0.717) is 0 Å². The molecular weight excluding hydrogens is 111 g/mol. The van der Waals surface area contributed by atoms with Gasteiger partial charge in [0, 0.05) is 0 Å². The van der Waals surface area contributed by atoms with Crippen LogP contribution < -0.4 is 0 Å². The molecule has 0 heterocycles. The van der Waals surface area contributed by atoms with Crippen LogP contribution in [-0.4, -0.2) is 16.3 Å². The minimum absolute atomic E-state index is 1.15. The molecule has 0 amide bonds. The van der Waals surface area contributed by atoms with Crippen LogP contribution in [0.15, 0.2) is 0 Å². The summed E-state index contributed by atoms with van der Waals surface area (Å²) in [6.45, 7) is 0. The predicted octanol–water partition coefficient (Wildman–Crippen LogP) is 1.62. The molecule has 0 atom stereocenters. The van der Waals surface area contributed by atoms with E-state index < -0.39 is 0 Å². The fourth-order valence-corrected chi connectivity index (χ4v) is 2.41. The van der Waals surface area contributed by atoms with Crippen LogP contribution in [0.5, 0.6) is 0 Å². The maximum Gasteiger partial charge on any atom is 0.212 e. The van der Waals surface area contributed by atoms with Crippen molar-refractivity contribution in [3.8, 4) is 0 Å². The van der Waals surface area contributed by atoms with Gasteiger partial charge in [-0.3, -0.25) is 0 Å². The van der Waals surface area contributed by atoms with Crippen molar-refractivity contribution >= 4 is 16.3 Å². The molecule has 1 saturated carbocycles. The molecule has 1 aliphatic rings. The Bertz CT molecular complexity index is 55.4. The van der Waals surface area contributed by atoms with E-state index in [1.54, 1.807) is 18.1 Å². The summed E-state index contributed by atoms with van der Waals surface area (Å²) in [6, 6.07) is 0. The van der Waals surface area contributed by atoms with Crippen molar-refractivity contribution < 1.29 is 0 Å². The summed E-state index contributed by atoms with van der Waals surface area (Å²) in [6.07, 6.45) is 7.64. The summed E-state index contributed by atoms with van der Waals surface area (Å²) >= 11 is 1.43. The highest BCUT2D eigenvalue weighted by atomic mass is 27.0. The molecule has 46 valence electrons. The Morgan fingerprint density at radius 1 is 1.12 bits per heavy atom. The second kappa shape index (κ2) is 3.54. The third kappa shape index (κ3) is 1.80. The van der Waals surface area contributed by atoms with Gasteiger partial charge in [-0.2, -0.15) is 0 Å². The first-order valence-corrected chi connectivity index (χ1v) is 5.35. The highest BCUT2D eigenvalue weighted by Crippen LogP contribution is 2.25. The number of hydrogen-bond acceptors (Lipinski definition) is 0. The van der Waals surface area contributed by atoms with Crippen molar-refractivity contribution in [3.63, 3.8) is 0 Å². The molecule has 1 fully saturated rings. The van der Waals surface area contributed by atoms with Gasteiger partial charge < -0.3 is 0 Å². The smallest absolute Gasteiger partial charge is 0.0985 e. The Morgan fingerprint density at radius 3 is 2.12 bits per heavy atom. The third-order valence-electron chi connectivity index (χ3n) is 2.30. The van der Waals surface area contributed by atoms with E-state index in [9.17, 15) is 0 Å². The van der Waals surface area contributed by atoms with Gasteiger partial charge in [-0.15, -0.1) is 0 Å². The first-order chi connectivity index (χ1) is 3.93. The molecule has 0 aromatic carbocycles.